The molecule has 0 aromatic rings. The minimum atomic E-state index is -0.185. The van der Waals surface area contributed by atoms with Gasteiger partial charge in [0, 0.05) is 38.5 Å². The summed E-state index contributed by atoms with van der Waals surface area (Å²) in [4.78, 5) is 72.7. The van der Waals surface area contributed by atoms with Crippen LogP contribution in [0.15, 0.2) is 0 Å². The van der Waals surface area contributed by atoms with Crippen molar-refractivity contribution in [3.63, 3.8) is 0 Å². The van der Waals surface area contributed by atoms with Crippen LogP contribution < -0.4 is 0 Å². The maximum atomic E-state index is 12.2. The first-order chi connectivity index (χ1) is 34.0. The molecule has 4 unspecified atom stereocenters. The predicted molar refractivity (Wildman–Crippen MR) is 280 cm³/mol. The van der Waals surface area contributed by atoms with Crippen LogP contribution in [0.3, 0.4) is 0 Å². The second-order valence-electron chi connectivity index (χ2n) is 19.6. The van der Waals surface area contributed by atoms with Gasteiger partial charge in [-0.25, -0.2) is 0 Å². The zero-order chi connectivity index (χ0) is 51.7. The third-order valence-electron chi connectivity index (χ3n) is 13.1. The Morgan fingerprint density at radius 1 is 0.257 bits per heavy atom. The number of ether oxygens (including phenoxy) is 6. The van der Waals surface area contributed by atoms with Crippen molar-refractivity contribution in [2.75, 3.05) is 13.2 Å². The van der Waals surface area contributed by atoms with Crippen LogP contribution in [0.5, 0.6) is 0 Å². The summed E-state index contributed by atoms with van der Waals surface area (Å²) in [5, 5.41) is 0. The van der Waals surface area contributed by atoms with Gasteiger partial charge in [0.15, 0.2) is 0 Å². The van der Waals surface area contributed by atoms with Crippen LogP contribution in [0.1, 0.15) is 298 Å². The first kappa shape index (κ1) is 66.8. The van der Waals surface area contributed by atoms with E-state index in [9.17, 15) is 28.8 Å². The fourth-order valence-electron chi connectivity index (χ4n) is 8.59. The van der Waals surface area contributed by atoms with Crippen LogP contribution in [0.2, 0.25) is 0 Å². The number of carbonyl (C=O) groups is 6. The van der Waals surface area contributed by atoms with Crippen molar-refractivity contribution in [3.05, 3.63) is 0 Å². The number of rotatable bonds is 51. The molecule has 0 radical (unpaired) electrons. The van der Waals surface area contributed by atoms with Crippen molar-refractivity contribution in [1.82, 2.24) is 0 Å². The Morgan fingerprint density at radius 3 is 0.771 bits per heavy atom. The van der Waals surface area contributed by atoms with E-state index in [-0.39, 0.29) is 60.2 Å². The fourth-order valence-corrected chi connectivity index (χ4v) is 8.59. The molecule has 0 spiro atoms. The second kappa shape index (κ2) is 49.4. The third kappa shape index (κ3) is 43.6. The van der Waals surface area contributed by atoms with Gasteiger partial charge in [-0.1, -0.05) is 157 Å². The largest absolute Gasteiger partial charge is 0.466 e. The Kier molecular flexibility index (Phi) is 47.2. The molecule has 70 heavy (non-hydrogen) atoms. The van der Waals surface area contributed by atoms with E-state index in [4.69, 9.17) is 28.4 Å². The van der Waals surface area contributed by atoms with Gasteiger partial charge in [-0.2, -0.15) is 0 Å². The Balaban J connectivity index is 3.93. The van der Waals surface area contributed by atoms with E-state index in [2.05, 4.69) is 13.8 Å². The number of unbranched alkanes of at least 4 members (excludes halogenated alkanes) is 21. The maximum Gasteiger partial charge on any atom is 0.305 e. The lowest BCUT2D eigenvalue weighted by Crippen LogP contribution is -2.23. The van der Waals surface area contributed by atoms with Gasteiger partial charge in [0.1, 0.15) is 24.4 Å². The van der Waals surface area contributed by atoms with Crippen LogP contribution in [0.4, 0.5) is 0 Å². The highest BCUT2D eigenvalue weighted by molar-refractivity contribution is 5.70. The topological polar surface area (TPSA) is 158 Å². The molecule has 0 amide bonds. The van der Waals surface area contributed by atoms with E-state index >= 15 is 0 Å². The molecule has 12 nitrogen and oxygen atoms in total. The number of esters is 6. The van der Waals surface area contributed by atoms with Crippen LogP contribution in [-0.2, 0) is 57.2 Å². The van der Waals surface area contributed by atoms with E-state index in [0.29, 0.717) is 71.0 Å². The fraction of sp³-hybridized carbons (Fsp3) is 0.897. The van der Waals surface area contributed by atoms with E-state index in [0.717, 1.165) is 193 Å². The van der Waals surface area contributed by atoms with Gasteiger partial charge < -0.3 is 28.4 Å². The van der Waals surface area contributed by atoms with Crippen LogP contribution in [0, 0.1) is 0 Å². The van der Waals surface area contributed by atoms with Crippen molar-refractivity contribution in [1.29, 1.82) is 0 Å². The molecule has 0 aliphatic heterocycles. The van der Waals surface area contributed by atoms with E-state index in [1.165, 1.54) is 6.42 Å². The normalized spacial score (nSPS) is 12.9. The Bertz CT molecular complexity index is 1290. The number of hydrogen-bond acceptors (Lipinski definition) is 12. The van der Waals surface area contributed by atoms with Crippen LogP contribution in [-0.4, -0.2) is 73.4 Å². The van der Waals surface area contributed by atoms with Gasteiger partial charge in [-0.05, 0) is 103 Å². The van der Waals surface area contributed by atoms with E-state index in [1.807, 2.05) is 27.7 Å². The highest BCUT2D eigenvalue weighted by Crippen LogP contribution is 2.22. The number of carbonyl (C=O) groups excluding carboxylic acids is 6. The smallest absolute Gasteiger partial charge is 0.305 e. The Morgan fingerprint density at radius 2 is 0.486 bits per heavy atom. The molecule has 12 heteroatoms. The van der Waals surface area contributed by atoms with Crippen LogP contribution in [0.25, 0.3) is 0 Å². The summed E-state index contributed by atoms with van der Waals surface area (Å²) >= 11 is 0. The van der Waals surface area contributed by atoms with E-state index in [1.54, 1.807) is 0 Å². The highest BCUT2D eigenvalue weighted by Gasteiger charge is 2.21. The predicted octanol–water partition coefficient (Wildman–Crippen LogP) is 15.4. The molecule has 0 bridgehead atoms. The summed E-state index contributed by atoms with van der Waals surface area (Å²) in [6.07, 6.45) is 35.1. The zero-order valence-electron chi connectivity index (χ0n) is 45.9. The molecule has 0 aliphatic rings. The van der Waals surface area contributed by atoms with Crippen molar-refractivity contribution in [3.8, 4) is 0 Å². The Labute approximate surface area is 427 Å². The third-order valence-corrected chi connectivity index (χ3v) is 13.1. The molecular weight excluding hydrogens is 889 g/mol. The summed E-state index contributed by atoms with van der Waals surface area (Å²) < 4.78 is 33.9. The van der Waals surface area contributed by atoms with Crippen molar-refractivity contribution >= 4 is 35.8 Å². The molecule has 0 aliphatic carbocycles. The van der Waals surface area contributed by atoms with Crippen molar-refractivity contribution < 1.29 is 57.2 Å². The average molecular weight is 995 g/mol. The average Bonchev–Trinajstić information content (AvgIpc) is 3.35. The second-order valence-corrected chi connectivity index (χ2v) is 19.6. The molecule has 0 aromatic carbocycles. The minimum absolute atomic E-state index is 0.101. The van der Waals surface area contributed by atoms with Gasteiger partial charge in [-0.3, -0.25) is 28.8 Å². The quantitative estimate of drug-likeness (QED) is 0.0323. The van der Waals surface area contributed by atoms with Gasteiger partial charge in [0.2, 0.25) is 0 Å². The van der Waals surface area contributed by atoms with Gasteiger partial charge >= 0.3 is 35.8 Å². The number of hydrogen-bond donors (Lipinski definition) is 0. The van der Waals surface area contributed by atoms with Gasteiger partial charge in [-0.15, -0.1) is 0 Å². The molecule has 0 saturated carbocycles. The lowest BCUT2D eigenvalue weighted by molar-refractivity contribution is -0.153. The maximum absolute atomic E-state index is 12.2. The molecule has 0 N–H and O–H groups in total. The molecule has 4 atom stereocenters. The van der Waals surface area contributed by atoms with Gasteiger partial charge in [0.25, 0.3) is 0 Å². The molecule has 0 heterocycles. The Hall–Kier alpha value is -3.18. The summed E-state index contributed by atoms with van der Waals surface area (Å²) in [6, 6.07) is 0. The molecule has 0 rings (SSSR count). The van der Waals surface area contributed by atoms with Crippen molar-refractivity contribution in [2.24, 2.45) is 0 Å². The summed E-state index contributed by atoms with van der Waals surface area (Å²) in [6.45, 7) is 12.6. The van der Waals surface area contributed by atoms with Crippen molar-refractivity contribution in [2.45, 2.75) is 323 Å². The lowest BCUT2D eigenvalue weighted by Gasteiger charge is -2.22. The molecule has 0 aromatic heterocycles. The zero-order valence-corrected chi connectivity index (χ0v) is 45.9. The van der Waals surface area contributed by atoms with E-state index < -0.39 is 0 Å². The lowest BCUT2D eigenvalue weighted by atomic mass is 10.00. The minimum Gasteiger partial charge on any atom is -0.466 e. The summed E-state index contributed by atoms with van der Waals surface area (Å²) in [5.41, 5.74) is 0. The molecule has 410 valence electrons. The van der Waals surface area contributed by atoms with Crippen LogP contribution >= 0.6 is 0 Å². The molecular formula is C58H106O12. The molecule has 0 saturated heterocycles. The first-order valence-corrected chi connectivity index (χ1v) is 29.1. The standard InChI is InChI=1S/C58H106O12/c1-7-13-15-30-38-50(68-54(60)10-4)45-46-52(70-56(62)12-6)40-32-24-22-26-34-42-58(64)66-48-36-28-21-17-16-20-27-35-47-65-57(63)41-33-25-19-18-23-31-39-51(69-55(61)11-5)44-43-49(37-29-14-8-2)67-53(59)9-3/h49-52H,7-48H2,1-6H3. The summed E-state index contributed by atoms with van der Waals surface area (Å²) in [5.74, 6) is -0.913. The molecule has 0 fully saturated rings. The highest BCUT2D eigenvalue weighted by atomic mass is 16.6. The SMILES string of the molecule is CCCCCCC(CCC(CCCCCCCC(=O)OCCCCCCCCCCOC(=O)CCCCCCCCC(CCC(CCCCC)OC(=O)CC)OC(=O)CC)OC(=O)CC)OC(=O)CC. The summed E-state index contributed by atoms with van der Waals surface area (Å²) in [7, 11) is 0. The monoisotopic (exact) mass is 995 g/mol. The van der Waals surface area contributed by atoms with Gasteiger partial charge in [0.05, 0.1) is 13.2 Å². The first-order valence-electron chi connectivity index (χ1n) is 29.1.